The molecule has 4 rings (SSSR count). The van der Waals surface area contributed by atoms with Crippen LogP contribution in [0.3, 0.4) is 0 Å². The van der Waals surface area contributed by atoms with Crippen LogP contribution in [-0.4, -0.2) is 26.0 Å². The molecule has 1 aliphatic heterocycles. The summed E-state index contributed by atoms with van der Waals surface area (Å²) in [5.74, 6) is -2.35. The van der Waals surface area contributed by atoms with Crippen molar-refractivity contribution in [3.8, 4) is 11.5 Å². The van der Waals surface area contributed by atoms with E-state index in [1.165, 1.54) is 14.2 Å². The standard InChI is InChI=1S/C26H22F2N2O4/c1-14-5-6-16(11-15(14)2)23-24(29-18-8-10-21(33-3)22(13-18)34-4)26(32)30(25(23)31)20-12-17(27)7-9-19(20)28/h5-13,29H,1-4H3. The molecule has 0 saturated heterocycles. The van der Waals surface area contributed by atoms with Gasteiger partial charge in [-0.1, -0.05) is 18.2 Å². The second-order valence-electron chi connectivity index (χ2n) is 7.79. The third-order valence-corrected chi connectivity index (χ3v) is 5.68. The zero-order valence-electron chi connectivity index (χ0n) is 19.0. The lowest BCUT2D eigenvalue weighted by Gasteiger charge is -2.16. The number of methoxy groups -OCH3 is 2. The molecular formula is C26H22F2N2O4. The van der Waals surface area contributed by atoms with Gasteiger partial charge in [-0.25, -0.2) is 13.7 Å². The Bertz CT molecular complexity index is 1350. The van der Waals surface area contributed by atoms with Gasteiger partial charge in [0.15, 0.2) is 11.5 Å². The highest BCUT2D eigenvalue weighted by Gasteiger charge is 2.41. The Morgan fingerprint density at radius 2 is 1.53 bits per heavy atom. The van der Waals surface area contributed by atoms with Crippen molar-refractivity contribution in [2.45, 2.75) is 13.8 Å². The number of nitrogens with one attached hydrogen (secondary N) is 1. The van der Waals surface area contributed by atoms with E-state index in [9.17, 15) is 18.4 Å². The number of nitrogens with zero attached hydrogens (tertiary/aromatic N) is 1. The Balaban J connectivity index is 1.86. The number of imide groups is 1. The van der Waals surface area contributed by atoms with Gasteiger partial charge in [0.1, 0.15) is 17.3 Å². The fourth-order valence-corrected chi connectivity index (χ4v) is 3.74. The maximum Gasteiger partial charge on any atom is 0.282 e. The summed E-state index contributed by atoms with van der Waals surface area (Å²) in [5, 5.41) is 2.98. The number of ether oxygens (including phenoxy) is 2. The van der Waals surface area contributed by atoms with E-state index in [4.69, 9.17) is 9.47 Å². The average molecular weight is 464 g/mol. The maximum absolute atomic E-state index is 14.6. The monoisotopic (exact) mass is 464 g/mol. The number of aryl methyl sites for hydroxylation is 2. The van der Waals surface area contributed by atoms with Gasteiger partial charge in [-0.2, -0.15) is 0 Å². The van der Waals surface area contributed by atoms with Crippen LogP contribution < -0.4 is 19.7 Å². The molecule has 0 saturated carbocycles. The zero-order chi connectivity index (χ0) is 24.6. The summed E-state index contributed by atoms with van der Waals surface area (Å²) >= 11 is 0. The van der Waals surface area contributed by atoms with Gasteiger partial charge in [-0.05, 0) is 54.8 Å². The van der Waals surface area contributed by atoms with E-state index in [1.54, 1.807) is 30.3 Å². The van der Waals surface area contributed by atoms with Crippen LogP contribution in [0.4, 0.5) is 20.2 Å². The van der Waals surface area contributed by atoms with E-state index >= 15 is 0 Å². The third kappa shape index (κ3) is 3.98. The summed E-state index contributed by atoms with van der Waals surface area (Å²) < 4.78 is 39.0. The topological polar surface area (TPSA) is 67.9 Å². The van der Waals surface area contributed by atoms with Crippen molar-refractivity contribution in [2.75, 3.05) is 24.4 Å². The molecule has 1 heterocycles. The Labute approximate surface area is 195 Å². The first-order valence-corrected chi connectivity index (χ1v) is 10.4. The first-order chi connectivity index (χ1) is 16.2. The van der Waals surface area contributed by atoms with Crippen molar-refractivity contribution in [3.63, 3.8) is 0 Å². The summed E-state index contributed by atoms with van der Waals surface area (Å²) in [6, 6.07) is 12.8. The molecule has 1 aliphatic rings. The van der Waals surface area contributed by atoms with Gasteiger partial charge in [0.25, 0.3) is 11.8 Å². The van der Waals surface area contributed by atoms with Crippen LogP contribution in [0.1, 0.15) is 16.7 Å². The van der Waals surface area contributed by atoms with Crippen LogP contribution in [0, 0.1) is 25.5 Å². The quantitative estimate of drug-likeness (QED) is 0.521. The number of anilines is 2. The van der Waals surface area contributed by atoms with E-state index in [0.717, 1.165) is 29.3 Å². The summed E-state index contributed by atoms with van der Waals surface area (Å²) in [4.78, 5) is 27.6. The van der Waals surface area contributed by atoms with Crippen molar-refractivity contribution in [1.82, 2.24) is 0 Å². The summed E-state index contributed by atoms with van der Waals surface area (Å²) in [7, 11) is 2.97. The molecular weight excluding hydrogens is 442 g/mol. The molecule has 0 aliphatic carbocycles. The van der Waals surface area contributed by atoms with Crippen molar-refractivity contribution in [1.29, 1.82) is 0 Å². The van der Waals surface area contributed by atoms with E-state index in [-0.39, 0.29) is 11.3 Å². The third-order valence-electron chi connectivity index (χ3n) is 5.68. The van der Waals surface area contributed by atoms with Crippen molar-refractivity contribution >= 4 is 28.8 Å². The summed E-state index contributed by atoms with van der Waals surface area (Å²) in [6.07, 6.45) is 0. The van der Waals surface area contributed by atoms with Crippen LogP contribution >= 0.6 is 0 Å². The Morgan fingerprint density at radius 3 is 2.21 bits per heavy atom. The molecule has 0 bridgehead atoms. The van der Waals surface area contributed by atoms with E-state index in [2.05, 4.69) is 5.32 Å². The molecule has 8 heteroatoms. The molecule has 3 aromatic carbocycles. The predicted molar refractivity (Wildman–Crippen MR) is 125 cm³/mol. The van der Waals surface area contributed by atoms with E-state index in [0.29, 0.717) is 27.6 Å². The first-order valence-electron chi connectivity index (χ1n) is 10.4. The van der Waals surface area contributed by atoms with Crippen LogP contribution in [0.15, 0.2) is 60.3 Å². The molecule has 2 amide bonds. The smallest absolute Gasteiger partial charge is 0.282 e. The lowest BCUT2D eigenvalue weighted by molar-refractivity contribution is -0.120. The lowest BCUT2D eigenvalue weighted by Crippen LogP contribution is -2.33. The fraction of sp³-hybridized carbons (Fsp3) is 0.154. The Kier molecular flexibility index (Phi) is 6.06. The molecule has 0 atom stereocenters. The average Bonchev–Trinajstić information content (AvgIpc) is 3.06. The molecule has 1 N–H and O–H groups in total. The second-order valence-corrected chi connectivity index (χ2v) is 7.79. The van der Waals surface area contributed by atoms with Crippen LogP contribution in [0.25, 0.3) is 5.57 Å². The number of carbonyl (C=O) groups excluding carboxylic acids is 2. The highest BCUT2D eigenvalue weighted by atomic mass is 19.1. The van der Waals surface area contributed by atoms with Crippen molar-refractivity contribution < 1.29 is 27.8 Å². The fourth-order valence-electron chi connectivity index (χ4n) is 3.74. The zero-order valence-corrected chi connectivity index (χ0v) is 19.0. The predicted octanol–water partition coefficient (Wildman–Crippen LogP) is 5.00. The maximum atomic E-state index is 14.6. The second kappa shape index (κ2) is 8.97. The van der Waals surface area contributed by atoms with Crippen LogP contribution in [-0.2, 0) is 9.59 Å². The van der Waals surface area contributed by atoms with Gasteiger partial charge < -0.3 is 14.8 Å². The highest BCUT2D eigenvalue weighted by Crippen LogP contribution is 2.37. The molecule has 0 fully saturated rings. The van der Waals surface area contributed by atoms with Gasteiger partial charge in [0.2, 0.25) is 0 Å². The highest BCUT2D eigenvalue weighted by molar-refractivity contribution is 6.46. The number of carbonyl (C=O) groups is 2. The molecule has 3 aromatic rings. The summed E-state index contributed by atoms with van der Waals surface area (Å²) in [6.45, 7) is 3.80. The van der Waals surface area contributed by atoms with E-state index in [1.807, 2.05) is 19.9 Å². The van der Waals surface area contributed by atoms with Gasteiger partial charge in [-0.3, -0.25) is 9.59 Å². The lowest BCUT2D eigenvalue weighted by atomic mass is 9.99. The van der Waals surface area contributed by atoms with Crippen LogP contribution in [0.5, 0.6) is 11.5 Å². The van der Waals surface area contributed by atoms with E-state index < -0.39 is 29.1 Å². The van der Waals surface area contributed by atoms with Gasteiger partial charge in [0, 0.05) is 17.8 Å². The first kappa shape index (κ1) is 23.0. The van der Waals surface area contributed by atoms with Gasteiger partial charge in [-0.15, -0.1) is 0 Å². The Hall–Kier alpha value is -4.20. The normalized spacial score (nSPS) is 13.5. The minimum atomic E-state index is -0.894. The number of halogens is 2. The number of benzene rings is 3. The van der Waals surface area contributed by atoms with Gasteiger partial charge in [0.05, 0.1) is 25.5 Å². The molecule has 34 heavy (non-hydrogen) atoms. The molecule has 0 unspecified atom stereocenters. The minimum absolute atomic E-state index is 0.0477. The minimum Gasteiger partial charge on any atom is -0.493 e. The molecule has 174 valence electrons. The number of rotatable bonds is 6. The molecule has 0 spiro atoms. The SMILES string of the molecule is COc1ccc(NC2=C(c3ccc(C)c(C)c3)C(=O)N(c3cc(F)ccc3F)C2=O)cc1OC. The Morgan fingerprint density at radius 1 is 0.794 bits per heavy atom. The van der Waals surface area contributed by atoms with Crippen molar-refractivity contribution in [3.05, 3.63) is 88.6 Å². The van der Waals surface area contributed by atoms with Crippen LogP contribution in [0.2, 0.25) is 0 Å². The number of hydrogen-bond acceptors (Lipinski definition) is 5. The van der Waals surface area contributed by atoms with Crippen molar-refractivity contribution in [2.24, 2.45) is 0 Å². The molecule has 6 nitrogen and oxygen atoms in total. The number of hydrogen-bond donors (Lipinski definition) is 1. The number of amides is 2. The molecule has 0 radical (unpaired) electrons. The van der Waals surface area contributed by atoms with Gasteiger partial charge >= 0.3 is 0 Å². The summed E-state index contributed by atoms with van der Waals surface area (Å²) in [5.41, 5.74) is 2.35. The largest absolute Gasteiger partial charge is 0.493 e. The molecule has 0 aromatic heterocycles.